The average molecular weight is 283 g/mol. The Morgan fingerprint density at radius 3 is 2.70 bits per heavy atom. The summed E-state index contributed by atoms with van der Waals surface area (Å²) >= 11 is 0. The lowest BCUT2D eigenvalue weighted by atomic mass is 10.1. The molecular formula is C14H25N3O3. The summed E-state index contributed by atoms with van der Waals surface area (Å²) in [6.45, 7) is 4.40. The van der Waals surface area contributed by atoms with E-state index in [2.05, 4.69) is 10.2 Å². The molecule has 0 aromatic rings. The molecule has 2 aliphatic heterocycles. The Morgan fingerprint density at radius 2 is 2.05 bits per heavy atom. The third-order valence-corrected chi connectivity index (χ3v) is 4.00. The van der Waals surface area contributed by atoms with Crippen LogP contribution in [0.3, 0.4) is 0 Å². The minimum absolute atomic E-state index is 0.0110. The summed E-state index contributed by atoms with van der Waals surface area (Å²) in [5, 5.41) is 2.63. The van der Waals surface area contributed by atoms with Gasteiger partial charge in [0, 0.05) is 33.1 Å². The predicted molar refractivity (Wildman–Crippen MR) is 75.4 cm³/mol. The van der Waals surface area contributed by atoms with Crippen LogP contribution in [0.15, 0.2) is 0 Å². The number of likely N-dealkylation sites (tertiary alicyclic amines) is 2. The summed E-state index contributed by atoms with van der Waals surface area (Å²) in [6, 6.07) is 0. The molecule has 0 aliphatic carbocycles. The van der Waals surface area contributed by atoms with Crippen LogP contribution in [0.25, 0.3) is 0 Å². The van der Waals surface area contributed by atoms with Gasteiger partial charge in [-0.3, -0.25) is 9.69 Å². The van der Waals surface area contributed by atoms with E-state index in [4.69, 9.17) is 4.74 Å². The molecule has 2 saturated heterocycles. The summed E-state index contributed by atoms with van der Waals surface area (Å²) in [6.07, 6.45) is 4.36. The SMILES string of the molecule is CNC(=O)CCCN1CCCC(OC(=O)N2CCC2)C1. The van der Waals surface area contributed by atoms with Crippen LogP contribution in [0.4, 0.5) is 4.79 Å². The zero-order chi connectivity index (χ0) is 14.4. The molecule has 114 valence electrons. The zero-order valence-electron chi connectivity index (χ0n) is 12.3. The van der Waals surface area contributed by atoms with E-state index < -0.39 is 0 Å². The summed E-state index contributed by atoms with van der Waals surface area (Å²) in [7, 11) is 1.66. The molecule has 1 unspecified atom stereocenters. The van der Waals surface area contributed by atoms with E-state index in [1.807, 2.05) is 0 Å². The molecule has 0 saturated carbocycles. The minimum Gasteiger partial charge on any atom is -0.445 e. The number of nitrogens with one attached hydrogen (secondary N) is 1. The Bertz CT molecular complexity index is 345. The quantitative estimate of drug-likeness (QED) is 0.811. The van der Waals surface area contributed by atoms with E-state index in [0.717, 1.165) is 58.4 Å². The molecular weight excluding hydrogens is 258 g/mol. The molecule has 2 heterocycles. The second-order valence-corrected chi connectivity index (χ2v) is 5.57. The smallest absolute Gasteiger partial charge is 0.410 e. The highest BCUT2D eigenvalue weighted by molar-refractivity contribution is 5.75. The van der Waals surface area contributed by atoms with Gasteiger partial charge in [-0.1, -0.05) is 0 Å². The van der Waals surface area contributed by atoms with Crippen LogP contribution in [0.5, 0.6) is 0 Å². The molecule has 6 heteroatoms. The van der Waals surface area contributed by atoms with Crippen LogP contribution in [0, 0.1) is 0 Å². The second-order valence-electron chi connectivity index (χ2n) is 5.57. The maximum atomic E-state index is 11.8. The third-order valence-electron chi connectivity index (χ3n) is 4.00. The van der Waals surface area contributed by atoms with E-state index in [1.165, 1.54) is 0 Å². The number of carbonyl (C=O) groups excluding carboxylic acids is 2. The van der Waals surface area contributed by atoms with Crippen LogP contribution < -0.4 is 5.32 Å². The van der Waals surface area contributed by atoms with Crippen LogP contribution in [-0.2, 0) is 9.53 Å². The van der Waals surface area contributed by atoms with Gasteiger partial charge in [0.25, 0.3) is 0 Å². The van der Waals surface area contributed by atoms with Gasteiger partial charge in [0.2, 0.25) is 5.91 Å². The van der Waals surface area contributed by atoms with Crippen molar-refractivity contribution in [3.8, 4) is 0 Å². The zero-order valence-corrected chi connectivity index (χ0v) is 12.3. The maximum absolute atomic E-state index is 11.8. The molecule has 1 atom stereocenters. The molecule has 6 nitrogen and oxygen atoms in total. The van der Waals surface area contributed by atoms with Crippen molar-refractivity contribution in [3.05, 3.63) is 0 Å². The second kappa shape index (κ2) is 7.47. The van der Waals surface area contributed by atoms with Gasteiger partial charge in [-0.15, -0.1) is 0 Å². The highest BCUT2D eigenvalue weighted by atomic mass is 16.6. The summed E-state index contributed by atoms with van der Waals surface area (Å²) in [5.74, 6) is 0.0859. The summed E-state index contributed by atoms with van der Waals surface area (Å²) in [5.41, 5.74) is 0. The van der Waals surface area contributed by atoms with Crippen molar-refractivity contribution < 1.29 is 14.3 Å². The van der Waals surface area contributed by atoms with Gasteiger partial charge < -0.3 is 15.0 Å². The molecule has 20 heavy (non-hydrogen) atoms. The first-order valence-electron chi connectivity index (χ1n) is 7.57. The maximum Gasteiger partial charge on any atom is 0.410 e. The van der Waals surface area contributed by atoms with Crippen molar-refractivity contribution >= 4 is 12.0 Å². The van der Waals surface area contributed by atoms with E-state index in [9.17, 15) is 9.59 Å². The molecule has 2 rings (SSSR count). The minimum atomic E-state index is -0.159. The molecule has 0 aromatic carbocycles. The van der Waals surface area contributed by atoms with Gasteiger partial charge in [-0.2, -0.15) is 0 Å². The summed E-state index contributed by atoms with van der Waals surface area (Å²) < 4.78 is 5.54. The van der Waals surface area contributed by atoms with E-state index in [1.54, 1.807) is 11.9 Å². The van der Waals surface area contributed by atoms with Crippen LogP contribution >= 0.6 is 0 Å². The van der Waals surface area contributed by atoms with Crippen molar-refractivity contribution in [1.82, 2.24) is 15.1 Å². The molecule has 2 amide bonds. The number of amides is 2. The fraction of sp³-hybridized carbons (Fsp3) is 0.857. The Labute approximate surface area is 120 Å². The lowest BCUT2D eigenvalue weighted by Gasteiger charge is -2.35. The van der Waals surface area contributed by atoms with E-state index in [0.29, 0.717) is 6.42 Å². The Morgan fingerprint density at radius 1 is 1.25 bits per heavy atom. The number of rotatable bonds is 5. The summed E-state index contributed by atoms with van der Waals surface area (Å²) in [4.78, 5) is 27.0. The van der Waals surface area contributed by atoms with Crippen molar-refractivity contribution in [2.75, 3.05) is 39.8 Å². The number of ether oxygens (including phenoxy) is 1. The third kappa shape index (κ3) is 4.37. The topological polar surface area (TPSA) is 61.9 Å². The number of nitrogens with zero attached hydrogens (tertiary/aromatic N) is 2. The van der Waals surface area contributed by atoms with Gasteiger partial charge in [-0.05, 0) is 38.8 Å². The molecule has 2 aliphatic rings. The molecule has 2 fully saturated rings. The van der Waals surface area contributed by atoms with Gasteiger partial charge in [-0.25, -0.2) is 4.79 Å². The molecule has 1 N–H and O–H groups in total. The monoisotopic (exact) mass is 283 g/mol. The average Bonchev–Trinajstić information content (AvgIpc) is 2.36. The van der Waals surface area contributed by atoms with Crippen molar-refractivity contribution in [2.24, 2.45) is 0 Å². The predicted octanol–water partition coefficient (Wildman–Crippen LogP) is 0.819. The lowest BCUT2D eigenvalue weighted by molar-refractivity contribution is -0.120. The lowest BCUT2D eigenvalue weighted by Crippen LogP contribution is -2.47. The van der Waals surface area contributed by atoms with Gasteiger partial charge in [0.05, 0.1) is 0 Å². The molecule has 0 spiro atoms. The van der Waals surface area contributed by atoms with Crippen LogP contribution in [-0.4, -0.2) is 67.7 Å². The van der Waals surface area contributed by atoms with Crippen molar-refractivity contribution in [2.45, 2.75) is 38.2 Å². The molecule has 0 radical (unpaired) electrons. The Hall–Kier alpha value is -1.30. The first-order chi connectivity index (χ1) is 9.69. The number of piperidine rings is 1. The van der Waals surface area contributed by atoms with Gasteiger partial charge in [0.1, 0.15) is 6.10 Å². The fourth-order valence-electron chi connectivity index (χ4n) is 2.62. The standard InChI is InChI=1S/C14H25N3O3/c1-15-13(18)6-3-8-16-7-2-5-12(11-16)20-14(19)17-9-4-10-17/h12H,2-11H2,1H3,(H,15,18). The number of carbonyl (C=O) groups is 2. The Kier molecular flexibility index (Phi) is 5.64. The highest BCUT2D eigenvalue weighted by Gasteiger charge is 2.27. The number of hydrogen-bond acceptors (Lipinski definition) is 4. The van der Waals surface area contributed by atoms with E-state index >= 15 is 0 Å². The van der Waals surface area contributed by atoms with Gasteiger partial charge >= 0.3 is 6.09 Å². The molecule has 0 aromatic heterocycles. The molecule has 0 bridgehead atoms. The van der Waals surface area contributed by atoms with Crippen molar-refractivity contribution in [3.63, 3.8) is 0 Å². The largest absolute Gasteiger partial charge is 0.445 e. The van der Waals surface area contributed by atoms with Crippen molar-refractivity contribution in [1.29, 1.82) is 0 Å². The first kappa shape index (κ1) is 15.1. The van der Waals surface area contributed by atoms with Gasteiger partial charge in [0.15, 0.2) is 0 Å². The van der Waals surface area contributed by atoms with Crippen LogP contribution in [0.2, 0.25) is 0 Å². The Balaban J connectivity index is 1.65. The number of hydrogen-bond donors (Lipinski definition) is 1. The fourth-order valence-corrected chi connectivity index (χ4v) is 2.62. The highest BCUT2D eigenvalue weighted by Crippen LogP contribution is 2.16. The van der Waals surface area contributed by atoms with Crippen LogP contribution in [0.1, 0.15) is 32.1 Å². The normalized spacial score (nSPS) is 23.1. The first-order valence-corrected chi connectivity index (χ1v) is 7.57. The van der Waals surface area contributed by atoms with E-state index in [-0.39, 0.29) is 18.1 Å².